The van der Waals surface area contributed by atoms with E-state index in [-0.39, 0.29) is 12.8 Å². The molecular weight excluding hydrogens is 359 g/mol. The molecular formula is C14H29O10P. The van der Waals surface area contributed by atoms with Crippen LogP contribution in [0.4, 0.5) is 0 Å². The highest BCUT2D eigenvalue weighted by molar-refractivity contribution is 7.46. The fourth-order valence-electron chi connectivity index (χ4n) is 1.74. The predicted octanol–water partition coefficient (Wildman–Crippen LogP) is -0.104. The largest absolute Gasteiger partial charge is 0.470 e. The summed E-state index contributed by atoms with van der Waals surface area (Å²) in [7, 11) is -5.08. The van der Waals surface area contributed by atoms with Crippen molar-refractivity contribution in [2.45, 2.75) is 70.4 Å². The Hall–Kier alpha value is -0.870. The molecule has 0 saturated heterocycles. The van der Waals surface area contributed by atoms with Crippen LogP contribution in [0.15, 0.2) is 0 Å². The lowest BCUT2D eigenvalue weighted by Gasteiger charge is -2.28. The minimum absolute atomic E-state index is 0.124. The van der Waals surface area contributed by atoms with Gasteiger partial charge in [0.1, 0.15) is 12.2 Å². The second-order valence-electron chi connectivity index (χ2n) is 5.19. The number of unbranched alkanes of at least 4 members (excludes halogenated alkanes) is 4. The first-order valence-corrected chi connectivity index (χ1v) is 9.46. The Morgan fingerprint density at radius 3 is 1.88 bits per heavy atom. The van der Waals surface area contributed by atoms with Gasteiger partial charge in [-0.05, 0) is 0 Å². The van der Waals surface area contributed by atoms with Gasteiger partial charge in [0, 0.05) is 0 Å². The Bertz CT molecular complexity index is 382. The maximum atomic E-state index is 10.6. The molecule has 0 aromatic heterocycles. The SMILES string of the molecule is CCCCCCC.O=CO[C@@H]([C@H](O)[C@H](O)CO)[C@H](C=O)OP(=O)(O)O. The highest BCUT2D eigenvalue weighted by Gasteiger charge is 2.38. The van der Waals surface area contributed by atoms with Crippen LogP contribution in [0, 0.1) is 0 Å². The third-order valence-electron chi connectivity index (χ3n) is 3.05. The number of aliphatic hydroxyl groups excluding tert-OH is 3. The van der Waals surface area contributed by atoms with Crippen LogP contribution in [0.25, 0.3) is 0 Å². The minimum Gasteiger partial charge on any atom is -0.458 e. The van der Waals surface area contributed by atoms with Crippen LogP contribution in [0.1, 0.15) is 46.0 Å². The first-order chi connectivity index (χ1) is 11.7. The topological polar surface area (TPSA) is 171 Å². The molecule has 11 heteroatoms. The van der Waals surface area contributed by atoms with Gasteiger partial charge in [-0.2, -0.15) is 0 Å². The summed E-state index contributed by atoms with van der Waals surface area (Å²) in [6.07, 6.45) is -0.767. The molecule has 4 atom stereocenters. The molecule has 0 aliphatic carbocycles. The maximum absolute atomic E-state index is 10.6. The fourth-order valence-corrected chi connectivity index (χ4v) is 2.23. The number of hydrogen-bond acceptors (Lipinski definition) is 8. The zero-order valence-corrected chi connectivity index (χ0v) is 15.3. The molecule has 0 saturated carbocycles. The number of hydrogen-bond donors (Lipinski definition) is 5. The molecule has 0 bridgehead atoms. The van der Waals surface area contributed by atoms with Gasteiger partial charge in [0.2, 0.25) is 0 Å². The van der Waals surface area contributed by atoms with E-state index < -0.39 is 38.8 Å². The molecule has 0 unspecified atom stereocenters. The van der Waals surface area contributed by atoms with Crippen molar-refractivity contribution in [3.63, 3.8) is 0 Å². The van der Waals surface area contributed by atoms with Crippen molar-refractivity contribution in [2.24, 2.45) is 0 Å². The van der Waals surface area contributed by atoms with E-state index in [9.17, 15) is 19.3 Å². The summed E-state index contributed by atoms with van der Waals surface area (Å²) in [6, 6.07) is 0. The summed E-state index contributed by atoms with van der Waals surface area (Å²) in [5.41, 5.74) is 0. The highest BCUT2D eigenvalue weighted by Crippen LogP contribution is 2.38. The number of carbonyl (C=O) groups is 2. The normalized spacial score (nSPS) is 16.0. The molecule has 10 nitrogen and oxygen atoms in total. The second kappa shape index (κ2) is 15.4. The van der Waals surface area contributed by atoms with Crippen molar-refractivity contribution in [1.82, 2.24) is 0 Å². The van der Waals surface area contributed by atoms with Crippen LogP contribution >= 0.6 is 7.82 Å². The Morgan fingerprint density at radius 2 is 1.56 bits per heavy atom. The fraction of sp³-hybridized carbons (Fsp3) is 0.857. The molecule has 150 valence electrons. The first-order valence-electron chi connectivity index (χ1n) is 7.93. The third kappa shape index (κ3) is 14.0. The molecule has 0 rings (SSSR count). The minimum atomic E-state index is -5.08. The van der Waals surface area contributed by atoms with E-state index >= 15 is 0 Å². The first kappa shape index (κ1) is 26.4. The van der Waals surface area contributed by atoms with Crippen LogP contribution in [0.5, 0.6) is 0 Å². The smallest absolute Gasteiger partial charge is 0.458 e. The van der Waals surface area contributed by atoms with Gasteiger partial charge < -0.3 is 34.6 Å². The summed E-state index contributed by atoms with van der Waals surface area (Å²) in [6.45, 7) is 3.35. The van der Waals surface area contributed by atoms with Crippen molar-refractivity contribution in [1.29, 1.82) is 0 Å². The van der Waals surface area contributed by atoms with E-state index in [1.54, 1.807) is 0 Å². The Morgan fingerprint density at radius 1 is 1.04 bits per heavy atom. The van der Waals surface area contributed by atoms with Crippen LogP contribution < -0.4 is 0 Å². The average molecular weight is 388 g/mol. The Balaban J connectivity index is 0. The van der Waals surface area contributed by atoms with Crippen molar-refractivity contribution in [3.05, 3.63) is 0 Å². The van der Waals surface area contributed by atoms with E-state index in [2.05, 4.69) is 23.1 Å². The van der Waals surface area contributed by atoms with Gasteiger partial charge in [-0.25, -0.2) is 4.57 Å². The summed E-state index contributed by atoms with van der Waals surface area (Å²) in [5.74, 6) is 0. The number of carbonyl (C=O) groups excluding carboxylic acids is 2. The van der Waals surface area contributed by atoms with E-state index in [0.29, 0.717) is 0 Å². The second-order valence-corrected chi connectivity index (χ2v) is 6.39. The number of phosphoric ester groups is 1. The molecule has 5 N–H and O–H groups in total. The van der Waals surface area contributed by atoms with Gasteiger partial charge >= 0.3 is 7.82 Å². The van der Waals surface area contributed by atoms with Gasteiger partial charge in [0.25, 0.3) is 6.47 Å². The van der Waals surface area contributed by atoms with Crippen molar-refractivity contribution >= 4 is 20.6 Å². The van der Waals surface area contributed by atoms with Crippen LogP contribution in [-0.2, 0) is 23.4 Å². The zero-order chi connectivity index (χ0) is 19.9. The molecule has 0 aromatic carbocycles. The van der Waals surface area contributed by atoms with Crippen LogP contribution in [-0.4, -0.2) is 68.9 Å². The summed E-state index contributed by atoms with van der Waals surface area (Å²) >= 11 is 0. The van der Waals surface area contributed by atoms with Gasteiger partial charge in [0.15, 0.2) is 18.5 Å². The van der Waals surface area contributed by atoms with Gasteiger partial charge in [-0.1, -0.05) is 46.0 Å². The predicted molar refractivity (Wildman–Crippen MR) is 87.5 cm³/mol. The van der Waals surface area contributed by atoms with E-state index in [1.165, 1.54) is 32.1 Å². The van der Waals surface area contributed by atoms with E-state index in [0.717, 1.165) is 0 Å². The number of ether oxygens (including phenoxy) is 1. The molecule has 0 aliphatic rings. The van der Waals surface area contributed by atoms with E-state index in [4.69, 9.17) is 20.0 Å². The number of phosphoric acid groups is 1. The van der Waals surface area contributed by atoms with Crippen molar-refractivity contribution in [2.75, 3.05) is 6.61 Å². The lowest BCUT2D eigenvalue weighted by atomic mass is 10.0. The molecule has 0 aromatic rings. The third-order valence-corrected chi connectivity index (χ3v) is 3.57. The molecule has 25 heavy (non-hydrogen) atoms. The summed E-state index contributed by atoms with van der Waals surface area (Å²) in [4.78, 5) is 37.8. The number of rotatable bonds is 13. The summed E-state index contributed by atoms with van der Waals surface area (Å²) < 4.78 is 18.8. The van der Waals surface area contributed by atoms with Gasteiger partial charge in [-0.3, -0.25) is 9.32 Å². The molecule has 0 spiro atoms. The monoisotopic (exact) mass is 388 g/mol. The van der Waals surface area contributed by atoms with Crippen LogP contribution in [0.3, 0.4) is 0 Å². The molecule has 0 radical (unpaired) electrons. The summed E-state index contributed by atoms with van der Waals surface area (Å²) in [5, 5.41) is 27.1. The number of aldehydes is 1. The van der Waals surface area contributed by atoms with Crippen molar-refractivity contribution in [3.8, 4) is 0 Å². The quantitative estimate of drug-likeness (QED) is 0.163. The van der Waals surface area contributed by atoms with Crippen molar-refractivity contribution < 1.29 is 48.5 Å². The van der Waals surface area contributed by atoms with Crippen LogP contribution in [0.2, 0.25) is 0 Å². The van der Waals surface area contributed by atoms with E-state index in [1.807, 2.05) is 0 Å². The van der Waals surface area contributed by atoms with Gasteiger partial charge in [-0.15, -0.1) is 0 Å². The number of aliphatic hydroxyl groups is 3. The standard InChI is InChI=1S/C7H13O10P.C7H16/c8-1-4(11)6(12)7(16-3-10)5(2-9)17-18(13,14)15;1-3-5-7-6-4-2/h2-8,11-12H,1H2,(H2,13,14,15);3-7H2,1-2H3/t4-,5+,6-,7-;/m1./s1. The Labute approximate surface area is 147 Å². The zero-order valence-electron chi connectivity index (χ0n) is 14.4. The average Bonchev–Trinajstić information content (AvgIpc) is 2.56. The Kier molecular flexibility index (Phi) is 16.2. The maximum Gasteiger partial charge on any atom is 0.470 e. The lowest BCUT2D eigenvalue weighted by Crippen LogP contribution is -2.48. The highest BCUT2D eigenvalue weighted by atomic mass is 31.2. The van der Waals surface area contributed by atoms with Gasteiger partial charge in [0.05, 0.1) is 6.61 Å². The molecule has 0 heterocycles. The molecule has 0 aliphatic heterocycles. The molecule has 0 fully saturated rings. The molecule has 0 amide bonds. The lowest BCUT2D eigenvalue weighted by molar-refractivity contribution is -0.160.